The summed E-state index contributed by atoms with van der Waals surface area (Å²) in [4.78, 5) is 4.48. The third-order valence-corrected chi connectivity index (χ3v) is 2.88. The number of halogens is 3. The van der Waals surface area contributed by atoms with Gasteiger partial charge in [0.05, 0.1) is 13.7 Å². The molecule has 0 aliphatic rings. The minimum Gasteiger partial charge on any atom is -0.493 e. The molecule has 0 aliphatic carbocycles. The van der Waals surface area contributed by atoms with Gasteiger partial charge in [0.25, 0.3) is 0 Å². The quantitative estimate of drug-likeness (QED) is 0.602. The Morgan fingerprint density at radius 3 is 2.36 bits per heavy atom. The highest BCUT2D eigenvalue weighted by Gasteiger charge is 2.29. The molecule has 1 aromatic carbocycles. The first kappa shape index (κ1) is 20.9. The number of nitrogens with one attached hydrogen (secondary N) is 2. The largest absolute Gasteiger partial charge is 0.493 e. The summed E-state index contributed by atoms with van der Waals surface area (Å²) >= 11 is 0. The lowest BCUT2D eigenvalue weighted by Crippen LogP contribution is -2.47. The summed E-state index contributed by atoms with van der Waals surface area (Å²) < 4.78 is 46.7. The number of benzene rings is 1. The molecule has 0 atom stereocenters. The molecule has 0 spiro atoms. The van der Waals surface area contributed by atoms with Crippen molar-refractivity contribution in [3.05, 3.63) is 23.8 Å². The van der Waals surface area contributed by atoms with Crippen LogP contribution in [0.25, 0.3) is 0 Å². The van der Waals surface area contributed by atoms with Crippen LogP contribution in [0.2, 0.25) is 0 Å². The lowest BCUT2D eigenvalue weighted by atomic mass is 10.1. The van der Waals surface area contributed by atoms with Gasteiger partial charge in [0, 0.05) is 12.1 Å². The predicted octanol–water partition coefficient (Wildman–Crippen LogP) is 3.49. The molecule has 8 heteroatoms. The zero-order valence-corrected chi connectivity index (χ0v) is 15.3. The zero-order chi connectivity index (χ0) is 19.1. The van der Waals surface area contributed by atoms with E-state index in [-0.39, 0.29) is 17.0 Å². The summed E-state index contributed by atoms with van der Waals surface area (Å²) in [6.07, 6.45) is -4.40. The second-order valence-corrected chi connectivity index (χ2v) is 6.46. The van der Waals surface area contributed by atoms with Gasteiger partial charge >= 0.3 is 6.18 Å². The van der Waals surface area contributed by atoms with Crippen LogP contribution in [0.3, 0.4) is 0 Å². The van der Waals surface area contributed by atoms with Gasteiger partial charge in [-0.25, -0.2) is 4.99 Å². The molecular weight excluding hydrogens is 335 g/mol. The Morgan fingerprint density at radius 1 is 1.16 bits per heavy atom. The van der Waals surface area contributed by atoms with Crippen molar-refractivity contribution in [1.29, 1.82) is 0 Å². The average molecular weight is 361 g/mol. The van der Waals surface area contributed by atoms with Gasteiger partial charge in [0.2, 0.25) is 0 Å². The van der Waals surface area contributed by atoms with Crippen molar-refractivity contribution < 1.29 is 22.6 Å². The number of rotatable bonds is 6. The number of hydrogen-bond donors (Lipinski definition) is 2. The number of alkyl halides is 3. The van der Waals surface area contributed by atoms with Crippen LogP contribution in [-0.2, 0) is 6.54 Å². The van der Waals surface area contributed by atoms with E-state index in [9.17, 15) is 13.2 Å². The van der Waals surface area contributed by atoms with E-state index in [1.54, 1.807) is 12.1 Å². The summed E-state index contributed by atoms with van der Waals surface area (Å²) in [5, 5.41) is 6.41. The van der Waals surface area contributed by atoms with E-state index in [4.69, 9.17) is 9.47 Å². The lowest BCUT2D eigenvalue weighted by Gasteiger charge is -2.23. The van der Waals surface area contributed by atoms with E-state index >= 15 is 0 Å². The summed E-state index contributed by atoms with van der Waals surface area (Å²) in [6, 6.07) is 4.74. The Kier molecular flexibility index (Phi) is 7.38. The molecule has 1 rings (SSSR count). The third-order valence-electron chi connectivity index (χ3n) is 2.88. The smallest absolute Gasteiger partial charge is 0.422 e. The third kappa shape index (κ3) is 8.51. The lowest BCUT2D eigenvalue weighted by molar-refractivity contribution is -0.153. The molecule has 0 saturated carbocycles. The molecule has 142 valence electrons. The van der Waals surface area contributed by atoms with Crippen molar-refractivity contribution in [2.75, 3.05) is 20.3 Å². The molecule has 0 aromatic heterocycles. The second kappa shape index (κ2) is 8.82. The standard InChI is InChI=1S/C17H26F3N3O2/c1-6-21-15(23-16(2,3)4)22-10-12-7-8-13(14(9-12)24-5)25-11-17(18,19)20/h7-9H,6,10-11H2,1-5H3,(H2,21,22,23). The van der Waals surface area contributed by atoms with E-state index in [0.717, 1.165) is 12.1 Å². The monoisotopic (exact) mass is 361 g/mol. The van der Waals surface area contributed by atoms with Crippen LogP contribution in [-0.4, -0.2) is 37.9 Å². The first-order chi connectivity index (χ1) is 11.5. The van der Waals surface area contributed by atoms with Gasteiger partial charge in [-0.2, -0.15) is 13.2 Å². The maximum Gasteiger partial charge on any atom is 0.422 e. The van der Waals surface area contributed by atoms with Crippen molar-refractivity contribution in [2.24, 2.45) is 4.99 Å². The number of hydrogen-bond acceptors (Lipinski definition) is 3. The van der Waals surface area contributed by atoms with Crippen LogP contribution >= 0.6 is 0 Å². The molecule has 0 heterocycles. The zero-order valence-electron chi connectivity index (χ0n) is 15.3. The molecule has 0 radical (unpaired) electrons. The van der Waals surface area contributed by atoms with Crippen molar-refractivity contribution in [3.8, 4) is 11.5 Å². The molecule has 0 amide bonds. The maximum atomic E-state index is 12.3. The number of methoxy groups -OCH3 is 1. The molecule has 0 fully saturated rings. The van der Waals surface area contributed by atoms with Crippen molar-refractivity contribution in [3.63, 3.8) is 0 Å². The van der Waals surface area contributed by atoms with Gasteiger partial charge in [-0.3, -0.25) is 0 Å². The summed E-state index contributed by atoms with van der Waals surface area (Å²) in [6.45, 7) is 7.74. The Hall–Kier alpha value is -2.12. The molecule has 0 bridgehead atoms. The van der Waals surface area contributed by atoms with Gasteiger partial charge in [-0.05, 0) is 45.4 Å². The second-order valence-electron chi connectivity index (χ2n) is 6.46. The van der Waals surface area contributed by atoms with Crippen molar-refractivity contribution in [1.82, 2.24) is 10.6 Å². The van der Waals surface area contributed by atoms with Crippen LogP contribution in [0.5, 0.6) is 11.5 Å². The van der Waals surface area contributed by atoms with Gasteiger partial charge in [-0.15, -0.1) is 0 Å². The maximum absolute atomic E-state index is 12.3. The summed E-state index contributed by atoms with van der Waals surface area (Å²) in [5.41, 5.74) is 0.649. The van der Waals surface area contributed by atoms with Crippen LogP contribution in [0.4, 0.5) is 13.2 Å². The Labute approximate surface area is 146 Å². The van der Waals surface area contributed by atoms with Crippen molar-refractivity contribution >= 4 is 5.96 Å². The fourth-order valence-electron chi connectivity index (χ4n) is 1.92. The first-order valence-corrected chi connectivity index (χ1v) is 7.97. The minimum absolute atomic E-state index is 0.0484. The highest BCUT2D eigenvalue weighted by Crippen LogP contribution is 2.30. The molecule has 1 aromatic rings. The summed E-state index contributed by atoms with van der Waals surface area (Å²) in [7, 11) is 1.38. The summed E-state index contributed by atoms with van der Waals surface area (Å²) in [5.74, 6) is 0.948. The highest BCUT2D eigenvalue weighted by atomic mass is 19.4. The van der Waals surface area contributed by atoms with Crippen LogP contribution in [0.1, 0.15) is 33.3 Å². The number of nitrogens with zero attached hydrogens (tertiary/aromatic N) is 1. The minimum atomic E-state index is -4.40. The van der Waals surface area contributed by atoms with Gasteiger partial charge < -0.3 is 20.1 Å². The van der Waals surface area contributed by atoms with Gasteiger partial charge in [0.15, 0.2) is 24.1 Å². The SMILES string of the molecule is CCNC(=NCc1ccc(OCC(F)(F)F)c(OC)c1)NC(C)(C)C. The van der Waals surface area contributed by atoms with E-state index in [1.165, 1.54) is 13.2 Å². The molecule has 5 nitrogen and oxygen atoms in total. The van der Waals surface area contributed by atoms with Crippen LogP contribution in [0, 0.1) is 0 Å². The molecule has 25 heavy (non-hydrogen) atoms. The Bertz CT molecular complexity index is 581. The Balaban J connectivity index is 2.86. The fraction of sp³-hybridized carbons (Fsp3) is 0.588. The first-order valence-electron chi connectivity index (χ1n) is 7.97. The predicted molar refractivity (Wildman–Crippen MR) is 92.2 cm³/mol. The highest BCUT2D eigenvalue weighted by molar-refractivity contribution is 5.80. The molecule has 0 unspecified atom stereocenters. The molecular formula is C17H26F3N3O2. The Morgan fingerprint density at radius 2 is 1.84 bits per heavy atom. The number of aliphatic imine (C=N–C) groups is 1. The van der Waals surface area contributed by atoms with Gasteiger partial charge in [0.1, 0.15) is 0 Å². The number of guanidine groups is 1. The van der Waals surface area contributed by atoms with E-state index in [0.29, 0.717) is 12.5 Å². The molecule has 0 saturated heterocycles. The topological polar surface area (TPSA) is 54.9 Å². The fourth-order valence-corrected chi connectivity index (χ4v) is 1.92. The van der Waals surface area contributed by atoms with E-state index < -0.39 is 12.8 Å². The van der Waals surface area contributed by atoms with E-state index in [2.05, 4.69) is 15.6 Å². The number of ether oxygens (including phenoxy) is 2. The molecule has 2 N–H and O–H groups in total. The van der Waals surface area contributed by atoms with Crippen molar-refractivity contribution in [2.45, 2.75) is 46.0 Å². The van der Waals surface area contributed by atoms with Crippen LogP contribution in [0.15, 0.2) is 23.2 Å². The normalized spacial score (nSPS) is 12.7. The average Bonchev–Trinajstić information content (AvgIpc) is 2.49. The van der Waals surface area contributed by atoms with Crippen LogP contribution < -0.4 is 20.1 Å². The molecule has 0 aliphatic heterocycles. The van der Waals surface area contributed by atoms with E-state index in [1.807, 2.05) is 27.7 Å². The van der Waals surface area contributed by atoms with Gasteiger partial charge in [-0.1, -0.05) is 6.07 Å².